The molecular weight excluding hydrogens is 336 g/mol. The summed E-state index contributed by atoms with van der Waals surface area (Å²) in [5, 5.41) is 2.97. The Hall–Kier alpha value is -2.49. The molecule has 1 aliphatic rings. The molecule has 2 aromatic rings. The van der Waals surface area contributed by atoms with E-state index in [1.165, 1.54) is 18.5 Å². The minimum atomic E-state index is -0.102. The Labute approximate surface area is 162 Å². The van der Waals surface area contributed by atoms with Gasteiger partial charge in [-0.15, -0.1) is 0 Å². The van der Waals surface area contributed by atoms with Crippen LogP contribution in [0.4, 0.5) is 11.4 Å². The molecule has 0 aliphatic carbocycles. The number of carbonyl (C=O) groups is 1. The van der Waals surface area contributed by atoms with Crippen LogP contribution in [0.15, 0.2) is 48.5 Å². The summed E-state index contributed by atoms with van der Waals surface area (Å²) in [6.07, 6.45) is 4.64. The van der Waals surface area contributed by atoms with E-state index in [0.29, 0.717) is 12.2 Å². The van der Waals surface area contributed by atoms with Crippen LogP contribution >= 0.6 is 0 Å². The predicted octanol–water partition coefficient (Wildman–Crippen LogP) is 5.35. The normalized spacial score (nSPS) is 14.8. The number of nitrogens with zero attached hydrogens (tertiary/aromatic N) is 1. The molecule has 1 N–H and O–H groups in total. The average molecular weight is 367 g/mol. The summed E-state index contributed by atoms with van der Waals surface area (Å²) >= 11 is 0. The van der Waals surface area contributed by atoms with Gasteiger partial charge in [0.15, 0.2) is 0 Å². The largest absolute Gasteiger partial charge is 0.494 e. The molecule has 1 heterocycles. The van der Waals surface area contributed by atoms with E-state index in [9.17, 15) is 4.79 Å². The SMILES string of the molecule is CCCCOc1ccc(C(=O)Nc2ccc(N3CCC(C)CC3)cc2)cc1. The van der Waals surface area contributed by atoms with Crippen LogP contribution < -0.4 is 15.0 Å². The number of piperidine rings is 1. The van der Waals surface area contributed by atoms with Crippen molar-refractivity contribution in [3.8, 4) is 5.75 Å². The Balaban J connectivity index is 1.54. The van der Waals surface area contributed by atoms with Gasteiger partial charge in [-0.2, -0.15) is 0 Å². The number of anilines is 2. The molecule has 0 radical (unpaired) electrons. The number of benzene rings is 2. The highest BCUT2D eigenvalue weighted by Gasteiger charge is 2.16. The van der Waals surface area contributed by atoms with Gasteiger partial charge in [0.2, 0.25) is 0 Å². The molecule has 4 nitrogen and oxygen atoms in total. The molecule has 0 bridgehead atoms. The summed E-state index contributed by atoms with van der Waals surface area (Å²) in [6, 6.07) is 15.5. The minimum absolute atomic E-state index is 0.102. The predicted molar refractivity (Wildman–Crippen MR) is 112 cm³/mol. The van der Waals surface area contributed by atoms with Gasteiger partial charge in [0.1, 0.15) is 5.75 Å². The number of hydrogen-bond acceptors (Lipinski definition) is 3. The zero-order chi connectivity index (χ0) is 19.1. The van der Waals surface area contributed by atoms with Gasteiger partial charge in [0.05, 0.1) is 6.61 Å². The van der Waals surface area contributed by atoms with Crippen molar-refractivity contribution in [2.24, 2.45) is 5.92 Å². The van der Waals surface area contributed by atoms with Crippen molar-refractivity contribution in [3.63, 3.8) is 0 Å². The maximum Gasteiger partial charge on any atom is 0.255 e. The van der Waals surface area contributed by atoms with Crippen LogP contribution in [-0.2, 0) is 0 Å². The van der Waals surface area contributed by atoms with E-state index in [1.807, 2.05) is 24.3 Å². The fourth-order valence-electron chi connectivity index (χ4n) is 3.26. The number of ether oxygens (including phenoxy) is 1. The first-order valence-electron chi connectivity index (χ1n) is 10.0. The lowest BCUT2D eigenvalue weighted by atomic mass is 9.99. The minimum Gasteiger partial charge on any atom is -0.494 e. The molecule has 4 heteroatoms. The lowest BCUT2D eigenvalue weighted by Gasteiger charge is -2.32. The topological polar surface area (TPSA) is 41.6 Å². The van der Waals surface area contributed by atoms with Crippen LogP contribution in [0, 0.1) is 5.92 Å². The smallest absolute Gasteiger partial charge is 0.255 e. The number of nitrogens with one attached hydrogen (secondary N) is 1. The Morgan fingerprint density at radius 3 is 2.37 bits per heavy atom. The second kappa shape index (κ2) is 9.45. The maximum absolute atomic E-state index is 12.4. The van der Waals surface area contributed by atoms with Gasteiger partial charge in [-0.05, 0) is 73.7 Å². The van der Waals surface area contributed by atoms with E-state index in [0.717, 1.165) is 43.3 Å². The van der Waals surface area contributed by atoms with Crippen LogP contribution in [-0.4, -0.2) is 25.6 Å². The van der Waals surface area contributed by atoms with E-state index in [-0.39, 0.29) is 5.91 Å². The van der Waals surface area contributed by atoms with Gasteiger partial charge >= 0.3 is 0 Å². The van der Waals surface area contributed by atoms with Gasteiger partial charge < -0.3 is 15.0 Å². The number of carbonyl (C=O) groups excluding carboxylic acids is 1. The fourth-order valence-corrected chi connectivity index (χ4v) is 3.26. The van der Waals surface area contributed by atoms with E-state index in [4.69, 9.17) is 4.74 Å². The van der Waals surface area contributed by atoms with Crippen molar-refractivity contribution < 1.29 is 9.53 Å². The Morgan fingerprint density at radius 2 is 1.74 bits per heavy atom. The number of hydrogen-bond donors (Lipinski definition) is 1. The number of unbranched alkanes of at least 4 members (excludes halogenated alkanes) is 1. The molecule has 0 saturated carbocycles. The Bertz CT molecular complexity index is 717. The third-order valence-corrected chi connectivity index (χ3v) is 5.16. The second-order valence-corrected chi connectivity index (χ2v) is 7.40. The monoisotopic (exact) mass is 366 g/mol. The van der Waals surface area contributed by atoms with Crippen molar-refractivity contribution >= 4 is 17.3 Å². The van der Waals surface area contributed by atoms with Crippen molar-refractivity contribution in [2.45, 2.75) is 39.5 Å². The van der Waals surface area contributed by atoms with Gasteiger partial charge in [-0.1, -0.05) is 20.3 Å². The summed E-state index contributed by atoms with van der Waals surface area (Å²) in [4.78, 5) is 14.9. The van der Waals surface area contributed by atoms with E-state index in [2.05, 4.69) is 36.2 Å². The lowest BCUT2D eigenvalue weighted by molar-refractivity contribution is 0.102. The first-order chi connectivity index (χ1) is 13.2. The Kier molecular flexibility index (Phi) is 6.74. The summed E-state index contributed by atoms with van der Waals surface area (Å²) < 4.78 is 5.64. The third-order valence-electron chi connectivity index (χ3n) is 5.16. The zero-order valence-corrected chi connectivity index (χ0v) is 16.4. The van der Waals surface area contributed by atoms with Crippen LogP contribution in [0.2, 0.25) is 0 Å². The molecule has 0 spiro atoms. The summed E-state index contributed by atoms with van der Waals surface area (Å²) in [6.45, 7) is 7.39. The number of rotatable bonds is 7. The molecule has 1 saturated heterocycles. The first kappa shape index (κ1) is 19.3. The molecule has 144 valence electrons. The zero-order valence-electron chi connectivity index (χ0n) is 16.4. The highest BCUT2D eigenvalue weighted by molar-refractivity contribution is 6.04. The summed E-state index contributed by atoms with van der Waals surface area (Å²) in [5.41, 5.74) is 2.68. The van der Waals surface area contributed by atoms with Crippen LogP contribution in [0.1, 0.15) is 49.9 Å². The van der Waals surface area contributed by atoms with Gasteiger partial charge in [0, 0.05) is 30.0 Å². The molecule has 0 atom stereocenters. The molecule has 0 aromatic heterocycles. The first-order valence-corrected chi connectivity index (χ1v) is 10.0. The molecule has 1 fully saturated rings. The molecule has 27 heavy (non-hydrogen) atoms. The van der Waals surface area contributed by atoms with Gasteiger partial charge in [-0.25, -0.2) is 0 Å². The molecular formula is C23H30N2O2. The Morgan fingerprint density at radius 1 is 1.07 bits per heavy atom. The molecule has 0 unspecified atom stereocenters. The molecule has 2 aromatic carbocycles. The fraction of sp³-hybridized carbons (Fsp3) is 0.435. The van der Waals surface area contributed by atoms with Gasteiger partial charge in [-0.3, -0.25) is 4.79 Å². The van der Waals surface area contributed by atoms with Crippen LogP contribution in [0.25, 0.3) is 0 Å². The molecule has 1 amide bonds. The van der Waals surface area contributed by atoms with Crippen molar-refractivity contribution in [2.75, 3.05) is 29.9 Å². The lowest BCUT2D eigenvalue weighted by Crippen LogP contribution is -2.32. The third kappa shape index (κ3) is 5.49. The van der Waals surface area contributed by atoms with E-state index < -0.39 is 0 Å². The highest BCUT2D eigenvalue weighted by Crippen LogP contribution is 2.24. The van der Waals surface area contributed by atoms with Crippen molar-refractivity contribution in [1.29, 1.82) is 0 Å². The summed E-state index contributed by atoms with van der Waals surface area (Å²) in [7, 11) is 0. The molecule has 1 aliphatic heterocycles. The van der Waals surface area contributed by atoms with Crippen LogP contribution in [0.3, 0.4) is 0 Å². The molecule has 3 rings (SSSR count). The van der Waals surface area contributed by atoms with E-state index in [1.54, 1.807) is 12.1 Å². The summed E-state index contributed by atoms with van der Waals surface area (Å²) in [5.74, 6) is 1.53. The quantitative estimate of drug-likeness (QED) is 0.671. The highest BCUT2D eigenvalue weighted by atomic mass is 16.5. The number of amides is 1. The van der Waals surface area contributed by atoms with Crippen molar-refractivity contribution in [3.05, 3.63) is 54.1 Å². The average Bonchev–Trinajstić information content (AvgIpc) is 2.70. The second-order valence-electron chi connectivity index (χ2n) is 7.40. The standard InChI is InChI=1S/C23H30N2O2/c1-3-4-17-27-22-11-5-19(6-12-22)23(26)24-20-7-9-21(10-8-20)25-15-13-18(2)14-16-25/h5-12,18H,3-4,13-17H2,1-2H3,(H,24,26). The van der Waals surface area contributed by atoms with E-state index >= 15 is 0 Å². The van der Waals surface area contributed by atoms with Crippen LogP contribution in [0.5, 0.6) is 5.75 Å². The van der Waals surface area contributed by atoms with Crippen molar-refractivity contribution in [1.82, 2.24) is 0 Å². The van der Waals surface area contributed by atoms with Gasteiger partial charge in [0.25, 0.3) is 5.91 Å². The maximum atomic E-state index is 12.4.